The van der Waals surface area contributed by atoms with Crippen molar-refractivity contribution in [1.29, 1.82) is 0 Å². The van der Waals surface area contributed by atoms with Crippen molar-refractivity contribution >= 4 is 5.78 Å². The highest BCUT2D eigenvalue weighted by atomic mass is 16.5. The maximum absolute atomic E-state index is 12.9. The van der Waals surface area contributed by atoms with Crippen molar-refractivity contribution in [3.8, 4) is 5.75 Å². The number of ketones is 1. The van der Waals surface area contributed by atoms with E-state index in [1.54, 1.807) is 0 Å². The molecule has 1 saturated carbocycles. The first-order valence-corrected chi connectivity index (χ1v) is 13.4. The highest BCUT2D eigenvalue weighted by Gasteiger charge is 2.34. The van der Waals surface area contributed by atoms with Gasteiger partial charge in [0.25, 0.3) is 0 Å². The first-order valence-electron chi connectivity index (χ1n) is 13.4. The van der Waals surface area contributed by atoms with Gasteiger partial charge < -0.3 is 4.74 Å². The van der Waals surface area contributed by atoms with Crippen LogP contribution in [0.3, 0.4) is 0 Å². The zero-order chi connectivity index (χ0) is 24.4. The number of Topliss-reactive ketones (excluding diaryl/α,β-unsaturated/α-hetero) is 1. The summed E-state index contributed by atoms with van der Waals surface area (Å²) >= 11 is 0. The van der Waals surface area contributed by atoms with E-state index in [4.69, 9.17) is 4.74 Å². The van der Waals surface area contributed by atoms with Crippen LogP contribution in [0, 0.1) is 5.92 Å². The Morgan fingerprint density at radius 1 is 1.06 bits per heavy atom. The summed E-state index contributed by atoms with van der Waals surface area (Å²) in [7, 11) is 0. The first kappa shape index (κ1) is 26.3. The van der Waals surface area contributed by atoms with Gasteiger partial charge in [0.15, 0.2) is 0 Å². The molecule has 2 nitrogen and oxygen atoms in total. The minimum atomic E-state index is 0.0527. The second-order valence-corrected chi connectivity index (χ2v) is 10.6. The minimum Gasteiger partial charge on any atom is -0.489 e. The van der Waals surface area contributed by atoms with Crippen molar-refractivity contribution in [2.75, 3.05) is 0 Å². The van der Waals surface area contributed by atoms with Gasteiger partial charge in [-0.3, -0.25) is 4.79 Å². The molecule has 0 aliphatic heterocycles. The van der Waals surface area contributed by atoms with Gasteiger partial charge in [0.1, 0.15) is 18.1 Å². The molecule has 0 N–H and O–H groups in total. The fraction of sp³-hybridized carbons (Fsp3) is 0.531. The molecule has 1 aliphatic rings. The molecule has 0 radical (unpaired) electrons. The quantitative estimate of drug-likeness (QED) is 0.233. The number of ether oxygens (including phenoxy) is 1. The molecule has 2 heteroatoms. The van der Waals surface area contributed by atoms with Crippen LogP contribution in [0.2, 0.25) is 0 Å². The average molecular weight is 461 g/mol. The smallest absolute Gasteiger partial charge is 0.136 e. The van der Waals surface area contributed by atoms with Crippen LogP contribution in [0.5, 0.6) is 5.75 Å². The zero-order valence-electron chi connectivity index (χ0n) is 21.8. The Balaban J connectivity index is 1.91. The van der Waals surface area contributed by atoms with E-state index in [0.717, 1.165) is 25.0 Å². The molecule has 2 aromatic carbocycles. The van der Waals surface area contributed by atoms with E-state index in [1.807, 2.05) is 13.0 Å². The Labute approximate surface area is 207 Å². The summed E-state index contributed by atoms with van der Waals surface area (Å²) < 4.78 is 6.51. The van der Waals surface area contributed by atoms with Crippen LogP contribution in [0.4, 0.5) is 0 Å². The van der Waals surface area contributed by atoms with E-state index in [0.29, 0.717) is 18.8 Å². The topological polar surface area (TPSA) is 26.3 Å². The molecule has 3 rings (SSSR count). The molecule has 1 fully saturated rings. The molecule has 0 heterocycles. The van der Waals surface area contributed by atoms with Crippen LogP contribution in [-0.4, -0.2) is 5.78 Å². The van der Waals surface area contributed by atoms with Crippen molar-refractivity contribution < 1.29 is 9.53 Å². The fourth-order valence-corrected chi connectivity index (χ4v) is 5.32. The number of rotatable bonds is 12. The Morgan fingerprint density at radius 3 is 2.59 bits per heavy atom. The van der Waals surface area contributed by atoms with E-state index in [1.165, 1.54) is 48.8 Å². The molecule has 34 heavy (non-hydrogen) atoms. The molecule has 0 saturated heterocycles. The van der Waals surface area contributed by atoms with Gasteiger partial charge in [-0.2, -0.15) is 0 Å². The summed E-state index contributed by atoms with van der Waals surface area (Å²) in [6.07, 6.45) is 14.1. The summed E-state index contributed by atoms with van der Waals surface area (Å²) in [5, 5.41) is 0. The molecular weight excluding hydrogens is 416 g/mol. The van der Waals surface area contributed by atoms with Crippen LogP contribution in [-0.2, 0) is 16.8 Å². The van der Waals surface area contributed by atoms with Gasteiger partial charge in [-0.15, -0.1) is 0 Å². The summed E-state index contributed by atoms with van der Waals surface area (Å²) in [4.78, 5) is 12.9. The first-order chi connectivity index (χ1) is 16.5. The van der Waals surface area contributed by atoms with Crippen LogP contribution >= 0.6 is 0 Å². The average Bonchev–Trinajstić information content (AvgIpc) is 2.85. The predicted octanol–water partition coefficient (Wildman–Crippen LogP) is 8.93. The summed E-state index contributed by atoms with van der Waals surface area (Å²) in [6.45, 7) is 9.56. The standard InChI is InChI=1S/C32H44O2/c1-5-7-9-13-22-32(3,4)26-20-21-29(27-18-14-19-30(33)28(27)17-8-6-2)31(23-26)34-24-25-15-11-10-12-16-25/h6,8,10-12,15-16,20-21,23,27-28H,5,7,9,13-14,17-19,22,24H2,1-4H3/t27-,28+/m1/s1. The largest absolute Gasteiger partial charge is 0.489 e. The van der Waals surface area contributed by atoms with Gasteiger partial charge in [-0.05, 0) is 66.7 Å². The summed E-state index contributed by atoms with van der Waals surface area (Å²) in [5.74, 6) is 1.65. The Bertz CT molecular complexity index is 925. The van der Waals surface area contributed by atoms with Crippen molar-refractivity contribution in [3.05, 3.63) is 77.4 Å². The third-order valence-electron chi connectivity index (χ3n) is 7.55. The van der Waals surface area contributed by atoms with E-state index in [-0.39, 0.29) is 17.3 Å². The van der Waals surface area contributed by atoms with Gasteiger partial charge in [0.05, 0.1) is 0 Å². The SMILES string of the molecule is CC=CC[C@@H]1C(=O)CCC[C@H]1c1ccc(C(C)(C)CCCCCC)cc1OCc1ccccc1. The normalized spacial score (nSPS) is 19.0. The lowest BCUT2D eigenvalue weighted by atomic mass is 9.72. The van der Waals surface area contributed by atoms with Crippen molar-refractivity contribution in [1.82, 2.24) is 0 Å². The number of unbranched alkanes of at least 4 members (excludes halogenated alkanes) is 3. The minimum absolute atomic E-state index is 0.0527. The lowest BCUT2D eigenvalue weighted by Gasteiger charge is -2.33. The number of hydrogen-bond donors (Lipinski definition) is 0. The van der Waals surface area contributed by atoms with Gasteiger partial charge >= 0.3 is 0 Å². The van der Waals surface area contributed by atoms with Crippen LogP contribution in [0.15, 0.2) is 60.7 Å². The van der Waals surface area contributed by atoms with Crippen LogP contribution in [0.1, 0.15) is 108 Å². The Kier molecular flexibility index (Phi) is 9.99. The number of carbonyl (C=O) groups excluding carboxylic acids is 1. The maximum Gasteiger partial charge on any atom is 0.136 e. The van der Waals surface area contributed by atoms with Gasteiger partial charge in [-0.25, -0.2) is 0 Å². The van der Waals surface area contributed by atoms with E-state index in [2.05, 4.69) is 75.4 Å². The summed E-state index contributed by atoms with van der Waals surface area (Å²) in [5.41, 5.74) is 3.82. The van der Waals surface area contributed by atoms with Gasteiger partial charge in [0, 0.05) is 12.3 Å². The molecule has 0 amide bonds. The number of benzene rings is 2. The van der Waals surface area contributed by atoms with Crippen molar-refractivity contribution in [3.63, 3.8) is 0 Å². The monoisotopic (exact) mass is 460 g/mol. The molecule has 1 aliphatic carbocycles. The molecule has 0 bridgehead atoms. The Morgan fingerprint density at radius 2 is 1.85 bits per heavy atom. The highest BCUT2D eigenvalue weighted by molar-refractivity contribution is 5.83. The van der Waals surface area contributed by atoms with Crippen LogP contribution < -0.4 is 4.74 Å². The van der Waals surface area contributed by atoms with Crippen molar-refractivity contribution in [2.45, 2.75) is 103 Å². The predicted molar refractivity (Wildman–Crippen MR) is 144 cm³/mol. The molecule has 0 unspecified atom stereocenters. The molecular formula is C32H44O2. The lowest BCUT2D eigenvalue weighted by molar-refractivity contribution is -0.125. The second-order valence-electron chi connectivity index (χ2n) is 10.6. The number of allylic oxidation sites excluding steroid dienone is 2. The molecule has 2 atom stereocenters. The van der Waals surface area contributed by atoms with Gasteiger partial charge in [-0.1, -0.05) is 101 Å². The van der Waals surface area contributed by atoms with E-state index >= 15 is 0 Å². The molecule has 2 aromatic rings. The van der Waals surface area contributed by atoms with Gasteiger partial charge in [0.2, 0.25) is 0 Å². The van der Waals surface area contributed by atoms with Crippen molar-refractivity contribution in [2.24, 2.45) is 5.92 Å². The highest BCUT2D eigenvalue weighted by Crippen LogP contribution is 2.43. The lowest BCUT2D eigenvalue weighted by Crippen LogP contribution is -2.27. The third-order valence-corrected chi connectivity index (χ3v) is 7.55. The number of hydrogen-bond acceptors (Lipinski definition) is 2. The van der Waals surface area contributed by atoms with E-state index in [9.17, 15) is 4.79 Å². The second kappa shape index (κ2) is 12.9. The summed E-state index contributed by atoms with van der Waals surface area (Å²) in [6, 6.07) is 17.2. The molecule has 0 aromatic heterocycles. The number of carbonyl (C=O) groups is 1. The fourth-order valence-electron chi connectivity index (χ4n) is 5.32. The van der Waals surface area contributed by atoms with E-state index < -0.39 is 0 Å². The van der Waals surface area contributed by atoms with Crippen LogP contribution in [0.25, 0.3) is 0 Å². The maximum atomic E-state index is 12.9. The molecule has 0 spiro atoms. The molecule has 184 valence electrons. The third kappa shape index (κ3) is 7.08. The zero-order valence-corrected chi connectivity index (χ0v) is 21.8. The Hall–Kier alpha value is -2.35.